The lowest BCUT2D eigenvalue weighted by atomic mass is 9.91. The maximum absolute atomic E-state index is 14.6. The predicted molar refractivity (Wildman–Crippen MR) is 381 cm³/mol. The van der Waals surface area contributed by atoms with E-state index >= 15 is 0 Å². The Morgan fingerprint density at radius 3 is 1.16 bits per heavy atom. The van der Waals surface area contributed by atoms with Crippen LogP contribution in [-0.4, -0.2) is 210 Å². The number of nitrogens with zero attached hydrogens (tertiary/aromatic N) is 8. The third-order valence-electron chi connectivity index (χ3n) is 18.8. The maximum atomic E-state index is 14.6. The number of hydrogen-bond acceptors (Lipinski definition) is 26. The van der Waals surface area contributed by atoms with Crippen molar-refractivity contribution < 1.29 is 103 Å². The molecule has 592 valence electrons. The standard InChI is InChI=1S/C27H31FN4O5S.C22H26F4N4O4S.C19H23FN4O4S.C3H3F3O/c1-17-26(31-25-9-8-23(12-24(25)28)38(3,33)34)29-16-30-27(17)37-22-10-19-14-36-15-20(11-22)32(19)13-18-4-6-21(35-2)7-5-18;1-13-20(29-19-4-3-17(9-18(19)23)35(2,31)32)27-12-28-21(13)34-16-7-14-10-33-11-15(8-16)30(14)6-5-22(24,25)26;1-11-18(24-17-4-3-15(7-16(17)20)29(2,25)26)21-10-22-19(11)28-14-5-12-8-27-9-13(6-14)23-12;4-3(5,6)1-2-7/h4-9,12,16,19-20,22H,10-11,13-15H2,1-3H3,(H,29,30,31);3-4,9,12,14-16H,5-8,10-11H2,1-2H3,(H,27,28,29);3-4,7,10,12-14,23H,5-6,8-9H2,1-2H3,(H,21,22,24);2H,1H2/t19-,20?,22?;14-,15?,16?;12-,13?,14?;/m111./s1. The number of sulfone groups is 3. The molecular weight excluding hydrogens is 1510 g/mol. The molecule has 0 saturated carbocycles. The van der Waals surface area contributed by atoms with Gasteiger partial charge < -0.3 is 59.2 Å². The van der Waals surface area contributed by atoms with E-state index in [0.29, 0.717) is 92.6 Å². The minimum atomic E-state index is -4.32. The molecule has 6 saturated heterocycles. The van der Waals surface area contributed by atoms with Crippen molar-refractivity contribution >= 4 is 70.3 Å². The molecule has 9 atom stereocenters. The number of piperidine rings is 3. The molecule has 6 bridgehead atoms. The quantitative estimate of drug-likeness (QED) is 0.0384. The average Bonchev–Trinajstić information content (AvgIpc) is 0.775. The van der Waals surface area contributed by atoms with Gasteiger partial charge >= 0.3 is 12.4 Å². The molecule has 4 aromatic carbocycles. The number of methoxy groups -OCH3 is 1. The number of morpholine rings is 3. The van der Waals surface area contributed by atoms with Gasteiger partial charge in [-0.3, -0.25) is 9.80 Å². The van der Waals surface area contributed by atoms with Crippen molar-refractivity contribution in [1.29, 1.82) is 0 Å². The van der Waals surface area contributed by atoms with Gasteiger partial charge in [-0.25, -0.2) is 68.3 Å². The number of aromatic nitrogens is 6. The largest absolute Gasteiger partial charge is 0.497 e. The zero-order chi connectivity index (χ0) is 78.8. The summed E-state index contributed by atoms with van der Waals surface area (Å²) in [6, 6.07) is 19.7. The zero-order valence-corrected chi connectivity index (χ0v) is 62.7. The Labute approximate surface area is 624 Å². The number of alkyl halides is 6. The molecule has 6 aliphatic heterocycles. The molecule has 0 amide bonds. The van der Waals surface area contributed by atoms with Crippen LogP contribution in [0.4, 0.5) is 74.0 Å². The highest BCUT2D eigenvalue weighted by Crippen LogP contribution is 2.38. The first kappa shape index (κ1) is 82.9. The SMILES string of the molecule is COc1ccc(CN2C3COC[C@H]2CC(Oc2ncnc(Nc4ccc(S(C)(=O)=O)cc4F)c2C)C3)cc1.Cc1c(Nc2ccc(S(C)(=O)=O)cc2F)ncnc1OC1CC2COC[C@@H](C1)N2.Cc1c(Nc2ccc(S(C)(=O)=O)cc2F)ncnc1OC1CC2COC[C@@H](C1)N2CCC(F)(F)F.O=CCC(F)(F)F. The van der Waals surface area contributed by atoms with E-state index in [2.05, 4.69) is 68.2 Å². The maximum Gasteiger partial charge on any atom is 0.395 e. The Bertz CT molecular complexity index is 4640. The van der Waals surface area contributed by atoms with Gasteiger partial charge in [-0.15, -0.1) is 0 Å². The molecule has 0 aliphatic carbocycles. The molecule has 0 radical (unpaired) electrons. The number of carbonyl (C=O) groups is 1. The summed E-state index contributed by atoms with van der Waals surface area (Å²) in [5.74, 6) is 0.949. The summed E-state index contributed by atoms with van der Waals surface area (Å²) in [7, 11) is -8.87. The number of ether oxygens (including phenoxy) is 7. The van der Waals surface area contributed by atoms with Gasteiger partial charge in [0.25, 0.3) is 0 Å². The molecule has 13 rings (SSSR count). The molecule has 9 heterocycles. The summed E-state index contributed by atoms with van der Waals surface area (Å²) in [6.45, 7) is 9.38. The second kappa shape index (κ2) is 35.6. The van der Waals surface area contributed by atoms with E-state index in [9.17, 15) is 64.8 Å². The van der Waals surface area contributed by atoms with Crippen molar-refractivity contribution in [2.75, 3.05) is 88.0 Å². The van der Waals surface area contributed by atoms with Crippen molar-refractivity contribution in [1.82, 2.24) is 45.0 Å². The van der Waals surface area contributed by atoms with Crippen LogP contribution in [0.1, 0.15) is 73.6 Å². The van der Waals surface area contributed by atoms with Gasteiger partial charge in [0, 0.05) is 107 Å². The fourth-order valence-corrected chi connectivity index (χ4v) is 15.1. The van der Waals surface area contributed by atoms with Gasteiger partial charge in [-0.2, -0.15) is 26.3 Å². The lowest BCUT2D eigenvalue weighted by Crippen LogP contribution is -2.59. The first-order valence-electron chi connectivity index (χ1n) is 34.4. The first-order valence-corrected chi connectivity index (χ1v) is 40.1. The van der Waals surface area contributed by atoms with Crippen LogP contribution in [0.25, 0.3) is 0 Å². The number of nitrogens with one attached hydrogen (secondary N) is 4. The van der Waals surface area contributed by atoms with Gasteiger partial charge in [-0.1, -0.05) is 12.1 Å². The van der Waals surface area contributed by atoms with Crippen molar-refractivity contribution in [2.45, 2.75) is 160 Å². The molecule has 0 spiro atoms. The van der Waals surface area contributed by atoms with E-state index in [-0.39, 0.29) is 111 Å². The molecule has 109 heavy (non-hydrogen) atoms. The van der Waals surface area contributed by atoms with E-state index in [1.54, 1.807) is 21.0 Å². The summed E-state index contributed by atoms with van der Waals surface area (Å²) in [5.41, 5.74) is 3.30. The molecular formula is C71H83F9N12O14S3. The van der Waals surface area contributed by atoms with Gasteiger partial charge in [-0.05, 0) is 93.1 Å². The van der Waals surface area contributed by atoms with Gasteiger partial charge in [0.15, 0.2) is 29.5 Å². The van der Waals surface area contributed by atoms with Crippen LogP contribution in [0.3, 0.4) is 0 Å². The Morgan fingerprint density at radius 2 is 0.844 bits per heavy atom. The van der Waals surface area contributed by atoms with Crippen LogP contribution in [-0.2, 0) is 55.1 Å². The molecule has 7 aromatic rings. The Kier molecular flexibility index (Phi) is 27.1. The van der Waals surface area contributed by atoms with Crippen LogP contribution in [0, 0.1) is 38.2 Å². The number of hydrogen-bond donors (Lipinski definition) is 4. The highest BCUT2D eigenvalue weighted by molar-refractivity contribution is 7.91. The number of carbonyl (C=O) groups excluding carboxylic acids is 1. The summed E-state index contributed by atoms with van der Waals surface area (Å²) in [5, 5.41) is 12.2. The van der Waals surface area contributed by atoms with Crippen molar-refractivity contribution in [3.63, 3.8) is 0 Å². The van der Waals surface area contributed by atoms with Crippen LogP contribution >= 0.6 is 0 Å². The molecule has 38 heteroatoms. The molecule has 26 nitrogen and oxygen atoms in total. The first-order chi connectivity index (χ1) is 51.5. The molecule has 6 aliphatic rings. The van der Waals surface area contributed by atoms with E-state index < -0.39 is 72.2 Å². The highest BCUT2D eigenvalue weighted by Gasteiger charge is 2.43. The van der Waals surface area contributed by atoms with E-state index in [4.69, 9.17) is 38.0 Å². The number of aldehydes is 1. The van der Waals surface area contributed by atoms with Crippen LogP contribution in [0.15, 0.2) is 113 Å². The average molecular weight is 1600 g/mol. The fourth-order valence-electron chi connectivity index (χ4n) is 13.2. The van der Waals surface area contributed by atoms with Gasteiger partial charge in [0.05, 0.1) is 108 Å². The summed E-state index contributed by atoms with van der Waals surface area (Å²) >= 11 is 0. The predicted octanol–water partition coefficient (Wildman–Crippen LogP) is 10.6. The normalized spacial score (nSPS) is 22.1. The van der Waals surface area contributed by atoms with Crippen molar-refractivity contribution in [3.8, 4) is 23.4 Å². The molecule has 6 unspecified atom stereocenters. The topological polar surface area (TPSA) is 316 Å². The third kappa shape index (κ3) is 23.0. The summed E-state index contributed by atoms with van der Waals surface area (Å²) < 4.78 is 225. The number of rotatable bonds is 21. The van der Waals surface area contributed by atoms with E-state index in [1.807, 2.05) is 24.0 Å². The number of fused-ring (bicyclic) bond motifs is 6. The minimum absolute atomic E-state index is 0.0161. The van der Waals surface area contributed by atoms with Gasteiger partial charge in [0.2, 0.25) is 17.6 Å². The Morgan fingerprint density at radius 1 is 0.495 bits per heavy atom. The number of anilines is 6. The van der Waals surface area contributed by atoms with Gasteiger partial charge in [0.1, 0.15) is 84.2 Å². The minimum Gasteiger partial charge on any atom is -0.497 e. The van der Waals surface area contributed by atoms with Crippen molar-refractivity contribution in [2.24, 2.45) is 0 Å². The van der Waals surface area contributed by atoms with Crippen LogP contribution in [0.5, 0.6) is 23.4 Å². The Hall–Kier alpha value is -8.63. The monoisotopic (exact) mass is 1590 g/mol. The Balaban J connectivity index is 0.000000168. The second-order valence-electron chi connectivity index (χ2n) is 27.1. The zero-order valence-electron chi connectivity index (χ0n) is 60.2. The molecule has 3 aromatic heterocycles. The molecule has 4 N–H and O–H groups in total. The lowest BCUT2D eigenvalue weighted by molar-refractivity contribution is -0.154. The number of benzene rings is 4. The highest BCUT2D eigenvalue weighted by atomic mass is 32.2. The fraction of sp³-hybridized carbons (Fsp3) is 0.479. The van der Waals surface area contributed by atoms with E-state index in [0.717, 1.165) is 74.9 Å². The third-order valence-corrected chi connectivity index (χ3v) is 22.1. The van der Waals surface area contributed by atoms with E-state index in [1.165, 1.54) is 60.9 Å². The second-order valence-corrected chi connectivity index (χ2v) is 33.2. The smallest absolute Gasteiger partial charge is 0.395 e. The van der Waals surface area contributed by atoms with Crippen molar-refractivity contribution in [3.05, 3.63) is 138 Å². The summed E-state index contributed by atoms with van der Waals surface area (Å²) in [6.07, 6.45) is 0.0546. The number of halogens is 9. The molecule has 6 fully saturated rings. The van der Waals surface area contributed by atoms with Crippen LogP contribution in [0.2, 0.25) is 0 Å². The summed E-state index contributed by atoms with van der Waals surface area (Å²) in [4.78, 5) is 38.5. The lowest BCUT2D eigenvalue weighted by Gasteiger charge is -2.48. The van der Waals surface area contributed by atoms with Crippen LogP contribution < -0.4 is 40.2 Å².